The summed E-state index contributed by atoms with van der Waals surface area (Å²) in [4.78, 5) is 0. The highest BCUT2D eigenvalue weighted by molar-refractivity contribution is 5.88. The van der Waals surface area contributed by atoms with E-state index in [1.165, 1.54) is 11.6 Å². The lowest BCUT2D eigenvalue weighted by atomic mass is 10.0. The van der Waals surface area contributed by atoms with Gasteiger partial charge in [0.15, 0.2) is 11.4 Å². The van der Waals surface area contributed by atoms with E-state index >= 15 is 0 Å². The summed E-state index contributed by atoms with van der Waals surface area (Å²) in [5.41, 5.74) is 2.90. The van der Waals surface area contributed by atoms with Gasteiger partial charge >= 0.3 is 0 Å². The highest BCUT2D eigenvalue weighted by Gasteiger charge is 2.17. The van der Waals surface area contributed by atoms with Gasteiger partial charge in [0.05, 0.1) is 6.61 Å². The van der Waals surface area contributed by atoms with Crippen molar-refractivity contribution in [1.29, 1.82) is 0 Å². The molecule has 2 nitrogen and oxygen atoms in total. The van der Waals surface area contributed by atoms with Crippen molar-refractivity contribution in [1.82, 2.24) is 0 Å². The maximum atomic E-state index is 13.8. The molecule has 0 unspecified atom stereocenters. The maximum Gasteiger partial charge on any atom is 0.170 e. The molecule has 0 saturated heterocycles. The molecule has 0 amide bonds. The van der Waals surface area contributed by atoms with Gasteiger partial charge in [0, 0.05) is 16.5 Å². The molecular weight excluding hydrogens is 255 g/mol. The Morgan fingerprint density at radius 2 is 1.85 bits per heavy atom. The standard InChI is InChI=1S/C17H15FO2/c1-2-11-6-8-12(9-7-11)16-14(10-19)13-4-3-5-15(18)17(13)20-16/h3-9,19H,2,10H2,1H3. The van der Waals surface area contributed by atoms with E-state index in [9.17, 15) is 9.50 Å². The van der Waals surface area contributed by atoms with Crippen molar-refractivity contribution < 1.29 is 13.9 Å². The molecule has 0 aliphatic carbocycles. The second-order valence-electron chi connectivity index (χ2n) is 4.73. The van der Waals surface area contributed by atoms with Crippen molar-refractivity contribution in [2.24, 2.45) is 0 Å². The summed E-state index contributed by atoms with van der Waals surface area (Å²) in [6.45, 7) is 1.91. The molecular formula is C17H15FO2. The van der Waals surface area contributed by atoms with Gasteiger partial charge in [-0.3, -0.25) is 0 Å². The fraction of sp³-hybridized carbons (Fsp3) is 0.176. The summed E-state index contributed by atoms with van der Waals surface area (Å²) >= 11 is 0. The Hall–Kier alpha value is -2.13. The van der Waals surface area contributed by atoms with Gasteiger partial charge in [-0.2, -0.15) is 0 Å². The lowest BCUT2D eigenvalue weighted by Crippen LogP contribution is -1.86. The van der Waals surface area contributed by atoms with Crippen molar-refractivity contribution in [3.8, 4) is 11.3 Å². The van der Waals surface area contributed by atoms with Crippen LogP contribution in [0.15, 0.2) is 46.9 Å². The molecule has 0 aliphatic rings. The zero-order valence-electron chi connectivity index (χ0n) is 11.2. The Morgan fingerprint density at radius 1 is 1.10 bits per heavy atom. The summed E-state index contributed by atoms with van der Waals surface area (Å²) in [5.74, 6) is 0.129. The van der Waals surface area contributed by atoms with Crippen LogP contribution in [0.5, 0.6) is 0 Å². The van der Waals surface area contributed by atoms with Crippen molar-refractivity contribution >= 4 is 11.0 Å². The van der Waals surface area contributed by atoms with Crippen molar-refractivity contribution in [2.75, 3.05) is 0 Å². The number of para-hydroxylation sites is 1. The van der Waals surface area contributed by atoms with Crippen LogP contribution in [0.4, 0.5) is 4.39 Å². The molecule has 0 fully saturated rings. The number of hydrogen-bond acceptors (Lipinski definition) is 2. The first-order valence-corrected chi connectivity index (χ1v) is 6.64. The van der Waals surface area contributed by atoms with E-state index in [1.807, 2.05) is 24.3 Å². The molecule has 1 N–H and O–H groups in total. The summed E-state index contributed by atoms with van der Waals surface area (Å²) < 4.78 is 19.4. The van der Waals surface area contributed by atoms with Crippen LogP contribution in [0, 0.1) is 5.82 Å². The quantitative estimate of drug-likeness (QED) is 0.770. The molecule has 0 saturated carbocycles. The lowest BCUT2D eigenvalue weighted by Gasteiger charge is -2.02. The van der Waals surface area contributed by atoms with Gasteiger partial charge in [-0.25, -0.2) is 4.39 Å². The molecule has 3 rings (SSSR count). The van der Waals surface area contributed by atoms with Crippen LogP contribution in [0.25, 0.3) is 22.3 Å². The number of benzene rings is 2. The zero-order chi connectivity index (χ0) is 14.1. The van der Waals surface area contributed by atoms with E-state index in [4.69, 9.17) is 4.42 Å². The Bertz CT molecular complexity index is 742. The normalized spacial score (nSPS) is 11.2. The molecule has 0 atom stereocenters. The molecule has 0 radical (unpaired) electrons. The summed E-state index contributed by atoms with van der Waals surface area (Å²) in [7, 11) is 0. The molecule has 0 aliphatic heterocycles. The molecule has 3 aromatic rings. The minimum absolute atomic E-state index is 0.179. The molecule has 0 spiro atoms. The smallest absolute Gasteiger partial charge is 0.170 e. The van der Waals surface area contributed by atoms with Crippen LogP contribution in [0.2, 0.25) is 0 Å². The van der Waals surface area contributed by atoms with Crippen LogP contribution >= 0.6 is 0 Å². The average molecular weight is 270 g/mol. The number of aliphatic hydroxyl groups is 1. The molecule has 1 heterocycles. The van der Waals surface area contributed by atoms with Gasteiger partial charge in [0.2, 0.25) is 0 Å². The van der Waals surface area contributed by atoms with E-state index in [1.54, 1.807) is 12.1 Å². The second-order valence-corrected chi connectivity index (χ2v) is 4.73. The van der Waals surface area contributed by atoms with Gasteiger partial charge in [0.25, 0.3) is 0 Å². The fourth-order valence-corrected chi connectivity index (χ4v) is 2.42. The van der Waals surface area contributed by atoms with E-state index in [0.29, 0.717) is 16.7 Å². The second kappa shape index (κ2) is 5.10. The number of rotatable bonds is 3. The third-order valence-corrected chi connectivity index (χ3v) is 3.55. The van der Waals surface area contributed by atoms with Crippen LogP contribution in [-0.2, 0) is 13.0 Å². The number of aryl methyl sites for hydroxylation is 1. The van der Waals surface area contributed by atoms with Crippen LogP contribution in [0.3, 0.4) is 0 Å². The Labute approximate surface area is 116 Å². The number of fused-ring (bicyclic) bond motifs is 1. The van der Waals surface area contributed by atoms with Gasteiger partial charge in [-0.15, -0.1) is 0 Å². The highest BCUT2D eigenvalue weighted by atomic mass is 19.1. The molecule has 102 valence electrons. The molecule has 20 heavy (non-hydrogen) atoms. The largest absolute Gasteiger partial charge is 0.453 e. The van der Waals surface area contributed by atoms with Gasteiger partial charge in [0.1, 0.15) is 5.76 Å². The zero-order valence-corrected chi connectivity index (χ0v) is 11.2. The summed E-state index contributed by atoms with van der Waals surface area (Å²) in [5, 5.41) is 10.2. The highest BCUT2D eigenvalue weighted by Crippen LogP contribution is 2.34. The summed E-state index contributed by atoms with van der Waals surface area (Å²) in [6, 6.07) is 12.6. The SMILES string of the molecule is CCc1ccc(-c2oc3c(F)cccc3c2CO)cc1. The van der Waals surface area contributed by atoms with Crippen molar-refractivity contribution in [3.05, 3.63) is 59.4 Å². The van der Waals surface area contributed by atoms with Gasteiger partial charge < -0.3 is 9.52 Å². The number of halogens is 1. The van der Waals surface area contributed by atoms with Crippen molar-refractivity contribution in [2.45, 2.75) is 20.0 Å². The maximum absolute atomic E-state index is 13.8. The van der Waals surface area contributed by atoms with Gasteiger partial charge in [-0.1, -0.05) is 43.3 Å². The minimum atomic E-state index is -0.409. The lowest BCUT2D eigenvalue weighted by molar-refractivity contribution is 0.282. The Morgan fingerprint density at radius 3 is 2.50 bits per heavy atom. The van der Waals surface area contributed by atoms with Crippen molar-refractivity contribution in [3.63, 3.8) is 0 Å². The molecule has 3 heteroatoms. The number of hydrogen-bond donors (Lipinski definition) is 1. The molecule has 1 aromatic heterocycles. The Balaban J connectivity index is 2.21. The van der Waals surface area contributed by atoms with Crippen LogP contribution < -0.4 is 0 Å². The predicted molar refractivity (Wildman–Crippen MR) is 76.9 cm³/mol. The van der Waals surface area contributed by atoms with Crippen LogP contribution in [-0.4, -0.2) is 5.11 Å². The molecule has 0 bridgehead atoms. The topological polar surface area (TPSA) is 33.4 Å². The minimum Gasteiger partial charge on any atom is -0.453 e. The first-order chi connectivity index (χ1) is 9.74. The van der Waals surface area contributed by atoms with E-state index < -0.39 is 5.82 Å². The number of furan rings is 1. The first kappa shape index (κ1) is 12.9. The summed E-state index contributed by atoms with van der Waals surface area (Å²) in [6.07, 6.45) is 0.960. The van der Waals surface area contributed by atoms with Crippen LogP contribution in [0.1, 0.15) is 18.1 Å². The third kappa shape index (κ3) is 2.00. The monoisotopic (exact) mass is 270 g/mol. The third-order valence-electron chi connectivity index (χ3n) is 3.55. The fourth-order valence-electron chi connectivity index (χ4n) is 2.42. The van der Waals surface area contributed by atoms with E-state index in [0.717, 1.165) is 12.0 Å². The average Bonchev–Trinajstić information content (AvgIpc) is 2.87. The number of aliphatic hydroxyl groups excluding tert-OH is 1. The Kier molecular flexibility index (Phi) is 3.28. The van der Waals surface area contributed by atoms with E-state index in [2.05, 4.69) is 6.92 Å². The first-order valence-electron chi connectivity index (χ1n) is 6.64. The molecule has 2 aromatic carbocycles. The van der Waals surface area contributed by atoms with Gasteiger partial charge in [-0.05, 0) is 18.1 Å². The predicted octanol–water partition coefficient (Wildman–Crippen LogP) is 4.29. The van der Waals surface area contributed by atoms with E-state index in [-0.39, 0.29) is 12.2 Å².